The first-order chi connectivity index (χ1) is 36.1. The normalized spacial score (nSPS) is 12.5. The molecule has 0 amide bonds. The Kier molecular flexibility index (Phi) is 57.8. The Morgan fingerprint density at radius 2 is 0.473 bits per heavy atom. The van der Waals surface area contributed by atoms with E-state index in [1.54, 1.807) is 0 Å². The number of esters is 3. The topological polar surface area (TPSA) is 78.9 Å². The van der Waals surface area contributed by atoms with Gasteiger partial charge in [0.25, 0.3) is 0 Å². The van der Waals surface area contributed by atoms with Crippen LogP contribution in [0.1, 0.15) is 382 Å². The van der Waals surface area contributed by atoms with Crippen molar-refractivity contribution in [3.05, 3.63) is 0 Å². The highest BCUT2D eigenvalue weighted by molar-refractivity contribution is 5.71. The second-order valence-corrected chi connectivity index (χ2v) is 24.7. The minimum atomic E-state index is -0.765. The molecule has 0 aliphatic rings. The van der Waals surface area contributed by atoms with E-state index in [2.05, 4.69) is 41.5 Å². The molecule has 0 aromatic carbocycles. The molecule has 0 saturated heterocycles. The predicted molar refractivity (Wildman–Crippen MR) is 321 cm³/mol. The van der Waals surface area contributed by atoms with E-state index in [9.17, 15) is 14.4 Å². The molecule has 0 bridgehead atoms. The van der Waals surface area contributed by atoms with Crippen molar-refractivity contribution < 1.29 is 28.6 Å². The van der Waals surface area contributed by atoms with Crippen LogP contribution in [0, 0.1) is 17.8 Å². The molecule has 0 aromatic rings. The number of carbonyl (C=O) groups is 3. The molecule has 0 aromatic heterocycles. The van der Waals surface area contributed by atoms with Gasteiger partial charge in [-0.1, -0.05) is 343 Å². The van der Waals surface area contributed by atoms with E-state index in [-0.39, 0.29) is 31.1 Å². The van der Waals surface area contributed by atoms with Gasteiger partial charge in [-0.2, -0.15) is 0 Å². The summed E-state index contributed by atoms with van der Waals surface area (Å²) < 4.78 is 17.0. The van der Waals surface area contributed by atoms with Crippen LogP contribution in [-0.4, -0.2) is 37.2 Å². The van der Waals surface area contributed by atoms with Crippen molar-refractivity contribution in [1.82, 2.24) is 0 Å². The van der Waals surface area contributed by atoms with Gasteiger partial charge in [0.05, 0.1) is 0 Å². The summed E-state index contributed by atoms with van der Waals surface area (Å²) in [7, 11) is 0. The number of carbonyl (C=O) groups excluding carboxylic acids is 3. The first-order valence-corrected chi connectivity index (χ1v) is 33.6. The fourth-order valence-corrected chi connectivity index (χ4v) is 10.6. The summed E-state index contributed by atoms with van der Waals surface area (Å²) in [5.74, 6) is 1.77. The molecule has 0 aliphatic heterocycles. The van der Waals surface area contributed by atoms with E-state index in [0.717, 1.165) is 75.5 Å². The number of unbranched alkanes of at least 4 members (excludes halogenated alkanes) is 43. The molecule has 0 spiro atoms. The first kappa shape index (κ1) is 72.4. The molecule has 2 atom stereocenters. The van der Waals surface area contributed by atoms with Gasteiger partial charge in [-0.3, -0.25) is 14.4 Å². The molecule has 0 heterocycles. The van der Waals surface area contributed by atoms with Gasteiger partial charge < -0.3 is 14.2 Å². The highest BCUT2D eigenvalue weighted by atomic mass is 16.6. The molecule has 0 rings (SSSR count). The van der Waals surface area contributed by atoms with Gasteiger partial charge in [0.1, 0.15) is 13.2 Å². The lowest BCUT2D eigenvalue weighted by molar-refractivity contribution is -0.167. The van der Waals surface area contributed by atoms with Gasteiger partial charge in [-0.15, -0.1) is 0 Å². The van der Waals surface area contributed by atoms with E-state index in [0.29, 0.717) is 19.3 Å². The number of rotatable bonds is 61. The summed E-state index contributed by atoms with van der Waals surface area (Å²) in [4.78, 5) is 38.4. The molecule has 0 N–H and O–H groups in total. The lowest BCUT2D eigenvalue weighted by Gasteiger charge is -2.18. The van der Waals surface area contributed by atoms with Crippen molar-refractivity contribution in [2.24, 2.45) is 17.8 Å². The van der Waals surface area contributed by atoms with Gasteiger partial charge in [-0.25, -0.2) is 0 Å². The fraction of sp³-hybridized carbons (Fsp3) is 0.956. The molecule has 0 saturated carbocycles. The van der Waals surface area contributed by atoms with Gasteiger partial charge in [-0.05, 0) is 37.0 Å². The van der Waals surface area contributed by atoms with Crippen molar-refractivity contribution in [3.63, 3.8) is 0 Å². The molecular formula is C68H132O6. The van der Waals surface area contributed by atoms with Crippen LogP contribution in [-0.2, 0) is 28.6 Å². The number of ether oxygens (including phenoxy) is 3. The third kappa shape index (κ3) is 59.7. The zero-order valence-corrected chi connectivity index (χ0v) is 51.1. The van der Waals surface area contributed by atoms with E-state index in [1.165, 1.54) is 263 Å². The molecule has 6 heteroatoms. The minimum Gasteiger partial charge on any atom is -0.462 e. The average molecular weight is 1050 g/mol. The molecule has 0 radical (unpaired) electrons. The lowest BCUT2D eigenvalue weighted by atomic mass is 9.99. The van der Waals surface area contributed by atoms with Crippen molar-refractivity contribution in [1.29, 1.82) is 0 Å². The fourth-order valence-electron chi connectivity index (χ4n) is 10.6. The van der Waals surface area contributed by atoms with Crippen molar-refractivity contribution in [3.8, 4) is 0 Å². The van der Waals surface area contributed by atoms with E-state index in [1.807, 2.05) is 0 Å². The van der Waals surface area contributed by atoms with E-state index in [4.69, 9.17) is 14.2 Å². The highest BCUT2D eigenvalue weighted by Crippen LogP contribution is 2.20. The Balaban J connectivity index is 4.29. The predicted octanol–water partition coefficient (Wildman–Crippen LogP) is 22.6. The Hall–Kier alpha value is -1.59. The van der Waals surface area contributed by atoms with Crippen LogP contribution in [0.3, 0.4) is 0 Å². The highest BCUT2D eigenvalue weighted by Gasteiger charge is 2.20. The zero-order valence-electron chi connectivity index (χ0n) is 51.1. The summed E-state index contributed by atoms with van der Waals surface area (Å²) in [5.41, 5.74) is 0. The molecule has 74 heavy (non-hydrogen) atoms. The van der Waals surface area contributed by atoms with Crippen LogP contribution in [0.2, 0.25) is 0 Å². The number of hydrogen-bond acceptors (Lipinski definition) is 6. The maximum Gasteiger partial charge on any atom is 0.306 e. The third-order valence-corrected chi connectivity index (χ3v) is 16.0. The van der Waals surface area contributed by atoms with Crippen LogP contribution in [0.25, 0.3) is 0 Å². The third-order valence-electron chi connectivity index (χ3n) is 16.0. The van der Waals surface area contributed by atoms with Crippen molar-refractivity contribution in [2.75, 3.05) is 13.2 Å². The zero-order chi connectivity index (χ0) is 54.1. The Bertz CT molecular complexity index is 1150. The quantitative estimate of drug-likeness (QED) is 0.0343. The molecule has 0 fully saturated rings. The van der Waals surface area contributed by atoms with Crippen LogP contribution in [0.15, 0.2) is 0 Å². The lowest BCUT2D eigenvalue weighted by Crippen LogP contribution is -2.30. The SMILES string of the molecule is CCC(C)CCCCCCCCCCCCCCCCC(=O)OC[C@@H](COC(=O)CCCCCCCCCCCCCCCCC(C)C)OC(=O)CCCCCCCCCCCCCCCCCCCCC(C)C. The average Bonchev–Trinajstić information content (AvgIpc) is 3.38. The standard InChI is InChI=1S/C68H132O6/c1-7-64(6)56-50-44-38-32-26-20-15-17-22-28-34-40-46-52-58-67(70)73-61-65(60-72-66(69)57-51-45-39-33-27-21-16-14-19-25-31-37-43-49-55-63(4)5)74-68(71)59-53-47-41-35-29-23-13-11-9-8-10-12-18-24-30-36-42-48-54-62(2)3/h62-65H,7-61H2,1-6H3/t64?,65-/m1/s1. The maximum absolute atomic E-state index is 12.9. The summed E-state index contributed by atoms with van der Waals surface area (Å²) in [6, 6.07) is 0. The van der Waals surface area contributed by atoms with Crippen molar-refractivity contribution >= 4 is 17.9 Å². The van der Waals surface area contributed by atoms with Gasteiger partial charge in [0, 0.05) is 19.3 Å². The summed E-state index contributed by atoms with van der Waals surface area (Å²) in [5, 5.41) is 0. The van der Waals surface area contributed by atoms with Gasteiger partial charge >= 0.3 is 17.9 Å². The number of hydrogen-bond donors (Lipinski definition) is 0. The Morgan fingerprint density at radius 3 is 0.703 bits per heavy atom. The van der Waals surface area contributed by atoms with Gasteiger partial charge in [0.15, 0.2) is 6.10 Å². The van der Waals surface area contributed by atoms with E-state index >= 15 is 0 Å². The summed E-state index contributed by atoms with van der Waals surface area (Å²) >= 11 is 0. The van der Waals surface area contributed by atoms with Crippen LogP contribution >= 0.6 is 0 Å². The molecular weight excluding hydrogens is 913 g/mol. The van der Waals surface area contributed by atoms with Crippen LogP contribution in [0.4, 0.5) is 0 Å². The summed E-state index contributed by atoms with van der Waals surface area (Å²) in [6.07, 6.45) is 65.3. The summed E-state index contributed by atoms with van der Waals surface area (Å²) in [6.45, 7) is 13.9. The Labute approximate surface area is 463 Å². The second-order valence-electron chi connectivity index (χ2n) is 24.7. The molecule has 6 nitrogen and oxygen atoms in total. The van der Waals surface area contributed by atoms with Crippen LogP contribution in [0.5, 0.6) is 0 Å². The first-order valence-electron chi connectivity index (χ1n) is 33.6. The second kappa shape index (κ2) is 59.1. The van der Waals surface area contributed by atoms with E-state index < -0.39 is 6.10 Å². The largest absolute Gasteiger partial charge is 0.462 e. The van der Waals surface area contributed by atoms with Crippen molar-refractivity contribution in [2.45, 2.75) is 388 Å². The van der Waals surface area contributed by atoms with Gasteiger partial charge in [0.2, 0.25) is 0 Å². The molecule has 0 aliphatic carbocycles. The molecule has 1 unspecified atom stereocenters. The smallest absolute Gasteiger partial charge is 0.306 e. The molecule has 440 valence electrons. The Morgan fingerprint density at radius 1 is 0.270 bits per heavy atom. The monoisotopic (exact) mass is 1050 g/mol. The minimum absolute atomic E-state index is 0.0622. The van der Waals surface area contributed by atoms with Crippen LogP contribution < -0.4 is 0 Å². The maximum atomic E-state index is 12.9.